The average Bonchev–Trinajstić information content (AvgIpc) is 2.38. The number of carbonyl (C=O) groups is 1. The third-order valence-corrected chi connectivity index (χ3v) is 3.68. The van der Waals surface area contributed by atoms with Gasteiger partial charge in [0.15, 0.2) is 0 Å². The van der Waals surface area contributed by atoms with Crippen LogP contribution in [0.1, 0.15) is 30.1 Å². The maximum atomic E-state index is 11.5. The normalized spacial score (nSPS) is 24.0. The van der Waals surface area contributed by atoms with Gasteiger partial charge in [0.05, 0.1) is 5.56 Å². The van der Waals surface area contributed by atoms with E-state index in [1.54, 1.807) is 18.3 Å². The number of carbonyl (C=O) groups excluding carboxylic acids is 1. The van der Waals surface area contributed by atoms with Gasteiger partial charge < -0.3 is 16.4 Å². The SMILES string of the molecule is CC1CCCN(c2ncccc2C(N)=O)C1CN. The van der Waals surface area contributed by atoms with E-state index in [4.69, 9.17) is 11.5 Å². The van der Waals surface area contributed by atoms with Crippen LogP contribution in [-0.2, 0) is 0 Å². The number of hydrogen-bond donors (Lipinski definition) is 2. The molecule has 0 aromatic carbocycles. The maximum Gasteiger partial charge on any atom is 0.252 e. The van der Waals surface area contributed by atoms with E-state index in [0.29, 0.717) is 23.8 Å². The number of amides is 1. The van der Waals surface area contributed by atoms with E-state index >= 15 is 0 Å². The van der Waals surface area contributed by atoms with Crippen molar-refractivity contribution >= 4 is 11.7 Å². The molecule has 4 N–H and O–H groups in total. The first-order valence-corrected chi connectivity index (χ1v) is 6.36. The second kappa shape index (κ2) is 5.35. The fraction of sp³-hybridized carbons (Fsp3) is 0.538. The van der Waals surface area contributed by atoms with Crippen LogP contribution < -0.4 is 16.4 Å². The summed E-state index contributed by atoms with van der Waals surface area (Å²) in [6.07, 6.45) is 3.94. The van der Waals surface area contributed by atoms with Crippen LogP contribution >= 0.6 is 0 Å². The molecule has 0 saturated carbocycles. The van der Waals surface area contributed by atoms with Crippen LogP contribution in [0.15, 0.2) is 18.3 Å². The molecular formula is C13H20N4O. The standard InChI is InChI=1S/C13H20N4O/c1-9-4-3-7-17(11(9)8-14)13-10(12(15)18)5-2-6-16-13/h2,5-6,9,11H,3-4,7-8,14H2,1H3,(H2,15,18). The zero-order chi connectivity index (χ0) is 13.1. The molecule has 0 radical (unpaired) electrons. The summed E-state index contributed by atoms with van der Waals surface area (Å²) in [4.78, 5) is 17.9. The molecule has 0 spiro atoms. The summed E-state index contributed by atoms with van der Waals surface area (Å²) >= 11 is 0. The van der Waals surface area contributed by atoms with Crippen molar-refractivity contribution in [2.24, 2.45) is 17.4 Å². The first-order chi connectivity index (χ1) is 8.65. The smallest absolute Gasteiger partial charge is 0.252 e. The topological polar surface area (TPSA) is 85.2 Å². The molecule has 0 bridgehead atoms. The third kappa shape index (κ3) is 2.31. The van der Waals surface area contributed by atoms with Crippen LogP contribution in [0.5, 0.6) is 0 Å². The van der Waals surface area contributed by atoms with Crippen molar-refractivity contribution < 1.29 is 4.79 Å². The van der Waals surface area contributed by atoms with E-state index in [9.17, 15) is 4.79 Å². The monoisotopic (exact) mass is 248 g/mol. The summed E-state index contributed by atoms with van der Waals surface area (Å²) in [5.74, 6) is 0.741. The van der Waals surface area contributed by atoms with Crippen molar-refractivity contribution in [1.82, 2.24) is 4.98 Å². The molecule has 2 rings (SSSR count). The molecule has 98 valence electrons. The Morgan fingerprint density at radius 1 is 1.61 bits per heavy atom. The predicted octanol–water partition coefficient (Wildman–Crippen LogP) is 0.744. The Morgan fingerprint density at radius 3 is 3.06 bits per heavy atom. The number of aromatic nitrogens is 1. The number of primary amides is 1. The molecule has 2 heterocycles. The summed E-state index contributed by atoms with van der Waals surface area (Å²) in [6, 6.07) is 3.68. The van der Waals surface area contributed by atoms with Gasteiger partial charge in [0.25, 0.3) is 5.91 Å². The number of hydrogen-bond acceptors (Lipinski definition) is 4. The van der Waals surface area contributed by atoms with E-state index in [1.807, 2.05) is 0 Å². The molecule has 1 amide bonds. The van der Waals surface area contributed by atoms with E-state index < -0.39 is 5.91 Å². The molecule has 1 aromatic rings. The Morgan fingerprint density at radius 2 is 2.39 bits per heavy atom. The van der Waals surface area contributed by atoms with Gasteiger partial charge in [-0.1, -0.05) is 6.92 Å². The van der Waals surface area contributed by atoms with E-state index in [-0.39, 0.29) is 6.04 Å². The van der Waals surface area contributed by atoms with E-state index in [2.05, 4.69) is 16.8 Å². The van der Waals surface area contributed by atoms with Crippen molar-refractivity contribution in [3.05, 3.63) is 23.9 Å². The van der Waals surface area contributed by atoms with Crippen LogP contribution in [0.2, 0.25) is 0 Å². The maximum absolute atomic E-state index is 11.5. The Kier molecular flexibility index (Phi) is 3.81. The minimum atomic E-state index is -0.438. The third-order valence-electron chi connectivity index (χ3n) is 3.68. The van der Waals surface area contributed by atoms with Gasteiger partial charge in [-0.15, -0.1) is 0 Å². The van der Waals surface area contributed by atoms with Crippen molar-refractivity contribution in [1.29, 1.82) is 0 Å². The van der Waals surface area contributed by atoms with E-state index in [0.717, 1.165) is 19.4 Å². The van der Waals surface area contributed by atoms with Crippen molar-refractivity contribution in [3.63, 3.8) is 0 Å². The number of anilines is 1. The molecule has 2 atom stereocenters. The van der Waals surface area contributed by atoms with Gasteiger partial charge in [-0.25, -0.2) is 4.98 Å². The van der Waals surface area contributed by atoms with Crippen molar-refractivity contribution in [3.8, 4) is 0 Å². The molecule has 1 aliphatic heterocycles. The van der Waals surface area contributed by atoms with Crippen molar-refractivity contribution in [2.45, 2.75) is 25.8 Å². The van der Waals surface area contributed by atoms with E-state index in [1.165, 1.54) is 0 Å². The van der Waals surface area contributed by atoms with Crippen LogP contribution in [0.3, 0.4) is 0 Å². The first-order valence-electron chi connectivity index (χ1n) is 6.36. The molecule has 1 aromatic heterocycles. The highest BCUT2D eigenvalue weighted by Crippen LogP contribution is 2.28. The molecular weight excluding hydrogens is 228 g/mol. The highest BCUT2D eigenvalue weighted by molar-refractivity contribution is 5.97. The predicted molar refractivity (Wildman–Crippen MR) is 71.3 cm³/mol. The van der Waals surface area contributed by atoms with Gasteiger partial charge in [0.1, 0.15) is 5.82 Å². The number of piperidine rings is 1. The second-order valence-electron chi connectivity index (χ2n) is 4.85. The highest BCUT2D eigenvalue weighted by Gasteiger charge is 2.30. The highest BCUT2D eigenvalue weighted by atomic mass is 16.1. The average molecular weight is 248 g/mol. The van der Waals surface area contributed by atoms with Gasteiger partial charge in [0, 0.05) is 25.3 Å². The lowest BCUT2D eigenvalue weighted by atomic mass is 9.90. The fourth-order valence-electron chi connectivity index (χ4n) is 2.69. The lowest BCUT2D eigenvalue weighted by Crippen LogP contribution is -2.49. The summed E-state index contributed by atoms with van der Waals surface area (Å²) < 4.78 is 0. The molecule has 1 aliphatic rings. The Hall–Kier alpha value is -1.62. The van der Waals surface area contributed by atoms with Gasteiger partial charge in [-0.2, -0.15) is 0 Å². The van der Waals surface area contributed by atoms with Gasteiger partial charge in [0.2, 0.25) is 0 Å². The first kappa shape index (κ1) is 12.8. The molecule has 5 heteroatoms. The zero-order valence-corrected chi connectivity index (χ0v) is 10.7. The van der Waals surface area contributed by atoms with Crippen LogP contribution in [-0.4, -0.2) is 30.0 Å². The zero-order valence-electron chi connectivity index (χ0n) is 10.7. The van der Waals surface area contributed by atoms with Gasteiger partial charge >= 0.3 is 0 Å². The number of rotatable bonds is 3. The quantitative estimate of drug-likeness (QED) is 0.826. The fourth-order valence-corrected chi connectivity index (χ4v) is 2.69. The second-order valence-corrected chi connectivity index (χ2v) is 4.85. The number of nitrogens with zero attached hydrogens (tertiary/aromatic N) is 2. The summed E-state index contributed by atoms with van der Waals surface area (Å²) in [7, 11) is 0. The summed E-state index contributed by atoms with van der Waals surface area (Å²) in [5, 5.41) is 0. The van der Waals surface area contributed by atoms with Crippen LogP contribution in [0.25, 0.3) is 0 Å². The molecule has 18 heavy (non-hydrogen) atoms. The summed E-state index contributed by atoms with van der Waals surface area (Å²) in [5.41, 5.74) is 11.7. The Bertz CT molecular complexity index is 435. The van der Waals surface area contributed by atoms with Crippen LogP contribution in [0, 0.1) is 5.92 Å². The minimum Gasteiger partial charge on any atom is -0.365 e. The largest absolute Gasteiger partial charge is 0.365 e. The van der Waals surface area contributed by atoms with Crippen LogP contribution in [0.4, 0.5) is 5.82 Å². The number of nitrogens with two attached hydrogens (primary N) is 2. The molecule has 2 unspecified atom stereocenters. The Balaban J connectivity index is 2.37. The van der Waals surface area contributed by atoms with Gasteiger partial charge in [-0.3, -0.25) is 4.79 Å². The lowest BCUT2D eigenvalue weighted by Gasteiger charge is -2.40. The molecule has 1 saturated heterocycles. The molecule has 5 nitrogen and oxygen atoms in total. The molecule has 1 fully saturated rings. The Labute approximate surface area is 107 Å². The minimum absolute atomic E-state index is 0.228. The van der Waals surface area contributed by atoms with Gasteiger partial charge in [-0.05, 0) is 30.9 Å². The van der Waals surface area contributed by atoms with Crippen molar-refractivity contribution in [2.75, 3.05) is 18.0 Å². The summed E-state index contributed by atoms with van der Waals surface area (Å²) in [6.45, 7) is 3.63. The molecule has 0 aliphatic carbocycles. The lowest BCUT2D eigenvalue weighted by molar-refractivity contribution is 0.1000. The number of pyridine rings is 1.